The highest BCUT2D eigenvalue weighted by molar-refractivity contribution is 6.42. The van der Waals surface area contributed by atoms with Gasteiger partial charge in [0.2, 0.25) is 0 Å². The van der Waals surface area contributed by atoms with E-state index < -0.39 is 0 Å². The second-order valence-corrected chi connectivity index (χ2v) is 5.14. The number of rotatable bonds is 5. The minimum atomic E-state index is -0.231. The van der Waals surface area contributed by atoms with Gasteiger partial charge in [0.1, 0.15) is 0 Å². The zero-order chi connectivity index (χ0) is 15.2. The summed E-state index contributed by atoms with van der Waals surface area (Å²) >= 11 is 11.8. The lowest BCUT2D eigenvalue weighted by Crippen LogP contribution is -2.33. The van der Waals surface area contributed by atoms with Crippen molar-refractivity contribution in [3.05, 3.63) is 57.8 Å². The average Bonchev–Trinajstić information content (AvgIpc) is 2.50. The zero-order valence-corrected chi connectivity index (χ0v) is 12.6. The lowest BCUT2D eigenvalue weighted by molar-refractivity contribution is 0.0707. The Hall–Kier alpha value is -1.69. The van der Waals surface area contributed by atoms with Crippen LogP contribution in [0.25, 0.3) is 0 Å². The van der Waals surface area contributed by atoms with Gasteiger partial charge in [-0.05, 0) is 23.8 Å². The fraction of sp³-hybridized carbons (Fsp3) is 0.214. The van der Waals surface area contributed by atoms with Crippen LogP contribution in [0.3, 0.4) is 0 Å². The minimum Gasteiger partial charge on any atom is -0.395 e. The second kappa shape index (κ2) is 7.36. The van der Waals surface area contributed by atoms with Gasteiger partial charge in [-0.1, -0.05) is 29.3 Å². The Morgan fingerprint density at radius 3 is 2.62 bits per heavy atom. The summed E-state index contributed by atoms with van der Waals surface area (Å²) in [5.74, 6) is -0.231. The van der Waals surface area contributed by atoms with Crippen molar-refractivity contribution in [1.29, 1.82) is 0 Å². The Bertz CT molecular complexity index is 623. The second-order valence-electron chi connectivity index (χ2n) is 4.33. The maximum Gasteiger partial charge on any atom is 0.255 e. The summed E-state index contributed by atoms with van der Waals surface area (Å²) in [5.41, 5.74) is 1.24. The molecule has 1 aromatic carbocycles. The van der Waals surface area contributed by atoms with Gasteiger partial charge >= 0.3 is 0 Å². The third-order valence-corrected chi connectivity index (χ3v) is 3.58. The van der Waals surface area contributed by atoms with Crippen LogP contribution in [-0.4, -0.2) is 39.3 Å². The molecule has 7 heteroatoms. The van der Waals surface area contributed by atoms with E-state index in [-0.39, 0.29) is 19.1 Å². The number of nitrogens with zero attached hydrogens (tertiary/aromatic N) is 3. The van der Waals surface area contributed by atoms with Crippen molar-refractivity contribution < 1.29 is 9.90 Å². The van der Waals surface area contributed by atoms with Gasteiger partial charge in [0.05, 0.1) is 34.6 Å². The number of aromatic nitrogens is 2. The van der Waals surface area contributed by atoms with E-state index in [1.807, 2.05) is 0 Å². The van der Waals surface area contributed by atoms with Crippen LogP contribution in [-0.2, 0) is 6.54 Å². The summed E-state index contributed by atoms with van der Waals surface area (Å²) in [5, 5.41) is 17.3. The molecule has 0 spiro atoms. The van der Waals surface area contributed by atoms with Gasteiger partial charge in [0, 0.05) is 13.1 Å². The van der Waals surface area contributed by atoms with E-state index in [9.17, 15) is 4.79 Å². The number of aliphatic hydroxyl groups excluding tert-OH is 1. The van der Waals surface area contributed by atoms with Crippen molar-refractivity contribution in [2.24, 2.45) is 0 Å². The molecular weight excluding hydrogens is 313 g/mol. The standard InChI is InChI=1S/C14H13Cl2N3O2/c15-12-2-1-10(7-13(12)16)9-19(5-6-20)14(21)11-3-4-17-18-8-11/h1-4,7-8,20H,5-6,9H2. The predicted molar refractivity (Wildman–Crippen MR) is 80.3 cm³/mol. The molecule has 0 aliphatic carbocycles. The first-order chi connectivity index (χ1) is 10.1. The number of benzene rings is 1. The van der Waals surface area contributed by atoms with E-state index in [1.165, 1.54) is 17.3 Å². The molecule has 1 N–H and O–H groups in total. The van der Waals surface area contributed by atoms with Crippen LogP contribution >= 0.6 is 23.2 Å². The molecular formula is C14H13Cl2N3O2. The van der Waals surface area contributed by atoms with Crippen LogP contribution in [0.1, 0.15) is 15.9 Å². The van der Waals surface area contributed by atoms with Crippen molar-refractivity contribution >= 4 is 29.1 Å². The molecule has 0 fully saturated rings. The minimum absolute atomic E-state index is 0.133. The molecule has 0 unspecified atom stereocenters. The molecule has 5 nitrogen and oxygen atoms in total. The number of aliphatic hydroxyl groups is 1. The summed E-state index contributed by atoms with van der Waals surface area (Å²) in [6.45, 7) is 0.394. The van der Waals surface area contributed by atoms with E-state index in [2.05, 4.69) is 10.2 Å². The van der Waals surface area contributed by atoms with Crippen molar-refractivity contribution in [2.45, 2.75) is 6.54 Å². The molecule has 2 aromatic rings. The summed E-state index contributed by atoms with van der Waals surface area (Å²) < 4.78 is 0. The number of carbonyl (C=O) groups excluding carboxylic acids is 1. The Morgan fingerprint density at radius 2 is 2.00 bits per heavy atom. The highest BCUT2D eigenvalue weighted by Crippen LogP contribution is 2.23. The number of hydrogen-bond acceptors (Lipinski definition) is 4. The first-order valence-corrected chi connectivity index (χ1v) is 6.98. The zero-order valence-electron chi connectivity index (χ0n) is 11.0. The van der Waals surface area contributed by atoms with Crippen molar-refractivity contribution in [1.82, 2.24) is 15.1 Å². The van der Waals surface area contributed by atoms with Crippen LogP contribution in [0.4, 0.5) is 0 Å². The summed E-state index contributed by atoms with van der Waals surface area (Å²) in [4.78, 5) is 13.9. The summed E-state index contributed by atoms with van der Waals surface area (Å²) in [7, 11) is 0. The van der Waals surface area contributed by atoms with Gasteiger partial charge < -0.3 is 10.0 Å². The third kappa shape index (κ3) is 4.14. The first-order valence-electron chi connectivity index (χ1n) is 6.22. The Balaban J connectivity index is 2.19. The molecule has 0 bridgehead atoms. The summed E-state index contributed by atoms with van der Waals surface area (Å²) in [6.07, 6.45) is 2.84. The molecule has 110 valence electrons. The normalized spacial score (nSPS) is 10.4. The largest absolute Gasteiger partial charge is 0.395 e. The smallest absolute Gasteiger partial charge is 0.255 e. The van der Waals surface area contributed by atoms with Crippen LogP contribution in [0.2, 0.25) is 10.0 Å². The molecule has 1 heterocycles. The maximum atomic E-state index is 12.4. The topological polar surface area (TPSA) is 66.3 Å². The molecule has 0 radical (unpaired) electrons. The molecule has 21 heavy (non-hydrogen) atoms. The maximum absolute atomic E-state index is 12.4. The van der Waals surface area contributed by atoms with Gasteiger partial charge in [-0.2, -0.15) is 10.2 Å². The molecule has 0 saturated heterocycles. The van der Waals surface area contributed by atoms with Gasteiger partial charge in [0.25, 0.3) is 5.91 Å². The molecule has 2 rings (SSSR count). The molecule has 1 amide bonds. The SMILES string of the molecule is O=C(c1ccnnc1)N(CCO)Cc1ccc(Cl)c(Cl)c1. The van der Waals surface area contributed by atoms with Crippen molar-refractivity contribution in [2.75, 3.05) is 13.2 Å². The fourth-order valence-corrected chi connectivity index (χ4v) is 2.15. The first kappa shape index (κ1) is 15.7. The monoisotopic (exact) mass is 325 g/mol. The van der Waals surface area contributed by atoms with Crippen LogP contribution in [0.15, 0.2) is 36.7 Å². The number of carbonyl (C=O) groups is 1. The van der Waals surface area contributed by atoms with E-state index in [4.69, 9.17) is 28.3 Å². The van der Waals surface area contributed by atoms with Gasteiger partial charge in [-0.15, -0.1) is 0 Å². The Labute approximate surface area is 132 Å². The Morgan fingerprint density at radius 1 is 1.19 bits per heavy atom. The molecule has 0 atom stereocenters. The van der Waals surface area contributed by atoms with Crippen LogP contribution in [0, 0.1) is 0 Å². The average molecular weight is 326 g/mol. The number of halogens is 2. The summed E-state index contributed by atoms with van der Waals surface area (Å²) in [6, 6.07) is 6.74. The molecule has 0 aliphatic heterocycles. The van der Waals surface area contributed by atoms with Gasteiger partial charge in [-0.3, -0.25) is 4.79 Å². The van der Waals surface area contributed by atoms with Crippen molar-refractivity contribution in [3.8, 4) is 0 Å². The molecule has 1 aromatic heterocycles. The lowest BCUT2D eigenvalue weighted by Gasteiger charge is -2.22. The highest BCUT2D eigenvalue weighted by atomic mass is 35.5. The van der Waals surface area contributed by atoms with Crippen LogP contribution < -0.4 is 0 Å². The van der Waals surface area contributed by atoms with Gasteiger partial charge in [0.15, 0.2) is 0 Å². The molecule has 0 saturated carbocycles. The van der Waals surface area contributed by atoms with E-state index in [1.54, 1.807) is 24.3 Å². The lowest BCUT2D eigenvalue weighted by atomic mass is 10.2. The van der Waals surface area contributed by atoms with Gasteiger partial charge in [-0.25, -0.2) is 0 Å². The number of amides is 1. The fourth-order valence-electron chi connectivity index (χ4n) is 1.83. The number of hydrogen-bond donors (Lipinski definition) is 1. The quantitative estimate of drug-likeness (QED) is 0.916. The predicted octanol–water partition coefficient (Wildman–Crippen LogP) is 2.42. The van der Waals surface area contributed by atoms with Crippen molar-refractivity contribution in [3.63, 3.8) is 0 Å². The Kier molecular flexibility index (Phi) is 5.50. The molecule has 0 aliphatic rings. The highest BCUT2D eigenvalue weighted by Gasteiger charge is 2.16. The van der Waals surface area contributed by atoms with E-state index >= 15 is 0 Å². The van der Waals surface area contributed by atoms with E-state index in [0.717, 1.165) is 5.56 Å². The van der Waals surface area contributed by atoms with Crippen LogP contribution in [0.5, 0.6) is 0 Å². The van der Waals surface area contributed by atoms with E-state index in [0.29, 0.717) is 22.2 Å². The third-order valence-electron chi connectivity index (χ3n) is 2.85.